The van der Waals surface area contributed by atoms with Crippen molar-refractivity contribution >= 4 is 33.0 Å². The average molecular weight is 706 g/mol. The fraction of sp³-hybridized carbons (Fsp3) is 0.405. The Bertz CT molecular complexity index is 1870. The quantitative estimate of drug-likeness (QED) is 0.172. The molecule has 3 N–H and O–H groups in total. The summed E-state index contributed by atoms with van der Waals surface area (Å²) < 4.78 is 52.3. The summed E-state index contributed by atoms with van der Waals surface area (Å²) in [6, 6.07) is 21.8. The van der Waals surface area contributed by atoms with Crippen LogP contribution in [0.2, 0.25) is 0 Å². The maximum Gasteiger partial charge on any atom is 0.407 e. The molecule has 6 rings (SSSR count). The summed E-state index contributed by atoms with van der Waals surface area (Å²) in [6.07, 6.45) is -0.430. The van der Waals surface area contributed by atoms with Gasteiger partial charge in [-0.05, 0) is 54.7 Å². The number of sulfonamides is 1. The molecule has 0 saturated carbocycles. The largest absolute Gasteiger partial charge is 0.464 e. The number of aliphatic hydroxyl groups excluding tert-OH is 1. The van der Waals surface area contributed by atoms with Crippen molar-refractivity contribution in [1.29, 1.82) is 0 Å². The Labute approximate surface area is 291 Å². The number of rotatable bonds is 14. The average Bonchev–Trinajstić information content (AvgIpc) is 3.84. The molecule has 2 amide bonds. The molecule has 2 saturated heterocycles. The van der Waals surface area contributed by atoms with Gasteiger partial charge in [0.1, 0.15) is 11.7 Å². The minimum atomic E-state index is -4.14. The van der Waals surface area contributed by atoms with Crippen molar-refractivity contribution < 1.29 is 41.7 Å². The summed E-state index contributed by atoms with van der Waals surface area (Å²) in [5.74, 6) is -0.400. The highest BCUT2D eigenvalue weighted by Crippen LogP contribution is 2.33. The number of alkyl carbamates (subject to hydrolysis) is 1. The first-order valence-electron chi connectivity index (χ1n) is 16.8. The van der Waals surface area contributed by atoms with Gasteiger partial charge in [-0.25, -0.2) is 13.2 Å². The fourth-order valence-electron chi connectivity index (χ4n) is 6.41. The van der Waals surface area contributed by atoms with Crippen molar-refractivity contribution in [1.82, 2.24) is 14.9 Å². The number of carbonyl (C=O) groups excluding carboxylic acids is 2. The van der Waals surface area contributed by atoms with Crippen molar-refractivity contribution in [3.8, 4) is 0 Å². The van der Waals surface area contributed by atoms with E-state index in [9.17, 15) is 23.1 Å². The smallest absolute Gasteiger partial charge is 0.407 e. The van der Waals surface area contributed by atoms with E-state index in [4.69, 9.17) is 18.6 Å². The van der Waals surface area contributed by atoms with Gasteiger partial charge in [0.2, 0.25) is 10.0 Å². The maximum absolute atomic E-state index is 14.2. The summed E-state index contributed by atoms with van der Waals surface area (Å²) >= 11 is 0. The molecule has 13 heteroatoms. The van der Waals surface area contributed by atoms with Gasteiger partial charge in [0, 0.05) is 36.1 Å². The Kier molecular flexibility index (Phi) is 11.2. The van der Waals surface area contributed by atoms with Crippen LogP contribution in [-0.4, -0.2) is 80.7 Å². The first kappa shape index (κ1) is 35.6. The molecule has 0 bridgehead atoms. The number of amides is 2. The van der Waals surface area contributed by atoms with Crippen molar-refractivity contribution in [2.45, 2.75) is 62.7 Å². The van der Waals surface area contributed by atoms with E-state index in [-0.39, 0.29) is 55.3 Å². The van der Waals surface area contributed by atoms with Crippen LogP contribution in [0, 0.1) is 11.8 Å². The molecule has 2 aliphatic heterocycles. The van der Waals surface area contributed by atoms with Crippen molar-refractivity contribution in [3.63, 3.8) is 0 Å². The van der Waals surface area contributed by atoms with E-state index in [1.165, 1.54) is 22.7 Å². The Morgan fingerprint density at radius 2 is 1.74 bits per heavy atom. The van der Waals surface area contributed by atoms with Gasteiger partial charge >= 0.3 is 6.09 Å². The number of nitrogens with zero attached hydrogens (tertiary/aromatic N) is 1. The van der Waals surface area contributed by atoms with Crippen LogP contribution >= 0.6 is 0 Å². The van der Waals surface area contributed by atoms with Crippen LogP contribution < -0.4 is 10.6 Å². The molecule has 4 aromatic rings. The van der Waals surface area contributed by atoms with Gasteiger partial charge in [0.05, 0.1) is 42.4 Å². The van der Waals surface area contributed by atoms with Gasteiger partial charge in [0.25, 0.3) is 5.91 Å². The maximum atomic E-state index is 14.2. The fourth-order valence-corrected chi connectivity index (χ4v) is 8.06. The highest BCUT2D eigenvalue weighted by Gasteiger charge is 2.44. The summed E-state index contributed by atoms with van der Waals surface area (Å²) in [5, 5.41) is 17.9. The highest BCUT2D eigenvalue weighted by atomic mass is 32.2. The van der Waals surface area contributed by atoms with Crippen LogP contribution in [0.4, 0.5) is 4.79 Å². The van der Waals surface area contributed by atoms with E-state index in [0.29, 0.717) is 28.7 Å². The molecule has 3 aromatic carbocycles. The first-order chi connectivity index (χ1) is 24.1. The highest BCUT2D eigenvalue weighted by molar-refractivity contribution is 7.89. The Hall–Kier alpha value is -4.27. The summed E-state index contributed by atoms with van der Waals surface area (Å²) in [4.78, 5) is 25.8. The van der Waals surface area contributed by atoms with Crippen molar-refractivity contribution in [2.24, 2.45) is 11.8 Å². The number of nitrogens with one attached hydrogen (secondary N) is 2. The van der Waals surface area contributed by atoms with Crippen LogP contribution in [0.3, 0.4) is 0 Å². The molecule has 0 radical (unpaired) electrons. The number of ether oxygens (including phenoxy) is 3. The Balaban J connectivity index is 1.20. The third-order valence-corrected chi connectivity index (χ3v) is 10.8. The normalized spacial score (nSPS) is 20.1. The monoisotopic (exact) mass is 705 g/mol. The van der Waals surface area contributed by atoms with Gasteiger partial charge in [-0.2, -0.15) is 4.31 Å². The van der Waals surface area contributed by atoms with E-state index in [1.54, 1.807) is 30.3 Å². The number of furan rings is 1. The molecule has 12 nitrogen and oxygen atoms in total. The van der Waals surface area contributed by atoms with Crippen molar-refractivity contribution in [3.05, 3.63) is 102 Å². The predicted octanol–water partition coefficient (Wildman–Crippen LogP) is 4.47. The van der Waals surface area contributed by atoms with Gasteiger partial charge in [0.15, 0.2) is 6.29 Å². The molecule has 1 unspecified atom stereocenters. The Morgan fingerprint density at radius 1 is 1.00 bits per heavy atom. The van der Waals surface area contributed by atoms with E-state index < -0.39 is 40.7 Å². The minimum absolute atomic E-state index is 0.0106. The van der Waals surface area contributed by atoms with Gasteiger partial charge in [-0.15, -0.1) is 0 Å². The molecular weight excluding hydrogens is 662 g/mol. The second kappa shape index (κ2) is 15.7. The van der Waals surface area contributed by atoms with E-state index >= 15 is 0 Å². The topological polar surface area (TPSA) is 157 Å². The zero-order valence-corrected chi connectivity index (χ0v) is 28.9. The third-order valence-electron chi connectivity index (χ3n) is 9.01. The lowest BCUT2D eigenvalue weighted by Crippen LogP contribution is -2.51. The molecular formula is C37H43N3O9S. The van der Waals surface area contributed by atoms with E-state index in [1.807, 2.05) is 50.2 Å². The summed E-state index contributed by atoms with van der Waals surface area (Å²) in [7, 11) is -4.14. The second-order valence-corrected chi connectivity index (χ2v) is 15.1. The molecule has 2 aliphatic rings. The van der Waals surface area contributed by atoms with Crippen LogP contribution in [0.15, 0.2) is 94.4 Å². The summed E-state index contributed by atoms with van der Waals surface area (Å²) in [6.45, 7) is 4.50. The second-order valence-electron chi connectivity index (χ2n) is 13.2. The van der Waals surface area contributed by atoms with Crippen molar-refractivity contribution in [2.75, 3.05) is 26.3 Å². The lowest BCUT2D eigenvalue weighted by molar-refractivity contribution is -0.0907. The number of carbonyl (C=O) groups is 2. The van der Waals surface area contributed by atoms with Gasteiger partial charge in [-0.3, -0.25) is 4.79 Å². The summed E-state index contributed by atoms with van der Waals surface area (Å²) in [5.41, 5.74) is 2.44. The number of hydrogen-bond acceptors (Lipinski definition) is 9. The van der Waals surface area contributed by atoms with E-state index in [2.05, 4.69) is 10.6 Å². The Morgan fingerprint density at radius 3 is 2.48 bits per heavy atom. The molecule has 0 aliphatic carbocycles. The molecule has 50 heavy (non-hydrogen) atoms. The lowest BCUT2D eigenvalue weighted by atomic mass is 10.0. The number of hydrogen-bond donors (Lipinski definition) is 3. The minimum Gasteiger partial charge on any atom is -0.464 e. The molecule has 1 aromatic heterocycles. The molecule has 3 heterocycles. The molecule has 5 atom stereocenters. The van der Waals surface area contributed by atoms with Gasteiger partial charge in [-0.1, -0.05) is 62.4 Å². The van der Waals surface area contributed by atoms with Crippen LogP contribution in [-0.2, 0) is 37.2 Å². The third kappa shape index (κ3) is 8.36. The van der Waals surface area contributed by atoms with Crippen LogP contribution in [0.1, 0.15) is 41.8 Å². The zero-order valence-electron chi connectivity index (χ0n) is 28.1. The lowest BCUT2D eigenvalue weighted by Gasteiger charge is -2.31. The van der Waals surface area contributed by atoms with Crippen LogP contribution in [0.25, 0.3) is 11.0 Å². The molecule has 0 spiro atoms. The standard InChI is InChI=1S/C37H43N3O9S/c1-24(2)20-40(50(44,45)28-13-14-33-30(18-28)27(22-47-33)19-38-35(42)26-11-7-4-8-12-26)21-32(41)31(17-25-9-5-3-6-10-25)39-37(43)49-34-23-48-36-29(34)15-16-46-36/h3-14,18,22,24,29,31-32,34,36,41H,15-17,19-21,23H2,1-2H3,(H,38,42)(H,39,43)/t29-,31-,32+,34?,36+/m0/s1. The number of benzene rings is 3. The SMILES string of the molecule is CC(C)CN(C[C@@H](O)[C@H](Cc1ccccc1)NC(=O)OC1CO[C@H]2OCC[C@@H]12)S(=O)(=O)c1ccc2occ(CNC(=O)c3ccccc3)c2c1. The van der Waals surface area contributed by atoms with Crippen LogP contribution in [0.5, 0.6) is 0 Å². The molecule has 2 fully saturated rings. The van der Waals surface area contributed by atoms with E-state index in [0.717, 1.165) is 12.0 Å². The first-order valence-corrected chi connectivity index (χ1v) is 18.3. The predicted molar refractivity (Wildman–Crippen MR) is 185 cm³/mol. The number of aliphatic hydroxyl groups is 1. The zero-order chi connectivity index (χ0) is 35.3. The molecule has 266 valence electrons. The van der Waals surface area contributed by atoms with Gasteiger partial charge < -0.3 is 34.4 Å². The number of fused-ring (bicyclic) bond motifs is 2.